The number of esters is 1. The van der Waals surface area contributed by atoms with Gasteiger partial charge in [0.2, 0.25) is 0 Å². The fraction of sp³-hybridized carbons (Fsp3) is 0.143. The minimum absolute atomic E-state index is 0.0821. The highest BCUT2D eigenvalue weighted by molar-refractivity contribution is 5.96. The number of methoxy groups -OCH3 is 1. The van der Waals surface area contributed by atoms with Gasteiger partial charge in [-0.2, -0.15) is 0 Å². The Morgan fingerprint density at radius 3 is 2.41 bits per heavy atom. The van der Waals surface area contributed by atoms with Crippen molar-refractivity contribution in [3.63, 3.8) is 0 Å². The molecule has 0 aliphatic rings. The van der Waals surface area contributed by atoms with E-state index in [9.17, 15) is 18.4 Å². The molecule has 0 radical (unpaired) electrons. The number of amides is 1. The first-order chi connectivity index (χ1) is 13.0. The van der Waals surface area contributed by atoms with E-state index in [0.717, 1.165) is 34.5 Å². The van der Waals surface area contributed by atoms with E-state index >= 15 is 0 Å². The van der Waals surface area contributed by atoms with Crippen LogP contribution >= 0.6 is 0 Å². The van der Waals surface area contributed by atoms with E-state index in [0.29, 0.717) is 0 Å². The molecule has 1 amide bonds. The van der Waals surface area contributed by atoms with Gasteiger partial charge in [0.1, 0.15) is 6.04 Å². The second-order valence-corrected chi connectivity index (χ2v) is 6.06. The molecule has 138 valence electrons. The van der Waals surface area contributed by atoms with Gasteiger partial charge in [-0.05, 0) is 34.5 Å². The molecule has 0 bridgehead atoms. The Hall–Kier alpha value is -3.28. The van der Waals surface area contributed by atoms with Gasteiger partial charge < -0.3 is 10.1 Å². The lowest BCUT2D eigenvalue weighted by molar-refractivity contribution is -0.142. The molecule has 3 aromatic rings. The van der Waals surface area contributed by atoms with Crippen molar-refractivity contribution in [1.29, 1.82) is 0 Å². The Labute approximate surface area is 154 Å². The summed E-state index contributed by atoms with van der Waals surface area (Å²) in [5.74, 6) is -3.50. The van der Waals surface area contributed by atoms with Gasteiger partial charge in [0, 0.05) is 12.0 Å². The van der Waals surface area contributed by atoms with Crippen LogP contribution in [0.15, 0.2) is 60.7 Å². The number of nitrogens with one attached hydrogen (secondary N) is 1. The third-order valence-electron chi connectivity index (χ3n) is 4.23. The average molecular weight is 369 g/mol. The molecule has 0 aliphatic heterocycles. The first-order valence-corrected chi connectivity index (χ1v) is 8.29. The van der Waals surface area contributed by atoms with Crippen LogP contribution in [0.4, 0.5) is 8.78 Å². The van der Waals surface area contributed by atoms with Crippen LogP contribution in [-0.2, 0) is 16.0 Å². The summed E-state index contributed by atoms with van der Waals surface area (Å²) in [5.41, 5.74) is 0.746. The van der Waals surface area contributed by atoms with Crippen LogP contribution in [0.2, 0.25) is 0 Å². The van der Waals surface area contributed by atoms with E-state index in [-0.39, 0.29) is 12.0 Å². The van der Waals surface area contributed by atoms with Crippen molar-refractivity contribution in [2.45, 2.75) is 12.5 Å². The molecular weight excluding hydrogens is 352 g/mol. The van der Waals surface area contributed by atoms with Crippen molar-refractivity contribution in [3.8, 4) is 0 Å². The molecule has 4 nitrogen and oxygen atoms in total. The van der Waals surface area contributed by atoms with Crippen molar-refractivity contribution in [2.75, 3.05) is 7.11 Å². The third-order valence-corrected chi connectivity index (χ3v) is 4.23. The summed E-state index contributed by atoms with van der Waals surface area (Å²) in [7, 11) is 1.22. The van der Waals surface area contributed by atoms with Crippen LogP contribution in [0.25, 0.3) is 10.8 Å². The molecule has 1 N–H and O–H groups in total. The van der Waals surface area contributed by atoms with Crippen LogP contribution < -0.4 is 5.32 Å². The normalized spacial score (nSPS) is 11.8. The van der Waals surface area contributed by atoms with Crippen molar-refractivity contribution in [1.82, 2.24) is 5.32 Å². The number of hydrogen-bond acceptors (Lipinski definition) is 3. The predicted molar refractivity (Wildman–Crippen MR) is 97.3 cm³/mol. The molecule has 0 fully saturated rings. The second-order valence-electron chi connectivity index (χ2n) is 6.06. The first-order valence-electron chi connectivity index (χ1n) is 8.29. The van der Waals surface area contributed by atoms with E-state index in [2.05, 4.69) is 5.32 Å². The molecule has 0 heterocycles. The quantitative estimate of drug-likeness (QED) is 0.699. The van der Waals surface area contributed by atoms with Gasteiger partial charge in [-0.15, -0.1) is 0 Å². The van der Waals surface area contributed by atoms with Crippen LogP contribution in [0.1, 0.15) is 15.9 Å². The van der Waals surface area contributed by atoms with Gasteiger partial charge in [-0.3, -0.25) is 4.79 Å². The van der Waals surface area contributed by atoms with Gasteiger partial charge >= 0.3 is 5.97 Å². The topological polar surface area (TPSA) is 55.4 Å². The Bertz CT molecular complexity index is 1000. The van der Waals surface area contributed by atoms with Crippen molar-refractivity contribution in [2.24, 2.45) is 0 Å². The van der Waals surface area contributed by atoms with E-state index in [1.807, 2.05) is 42.5 Å². The van der Waals surface area contributed by atoms with E-state index in [4.69, 9.17) is 4.74 Å². The standard InChI is InChI=1S/C21H17F2NO3/c1-27-21(26)19(24-20(25)16-8-9-17(22)18(23)12-16)11-13-6-7-14-4-2-3-5-15(14)10-13/h2-10,12,19H,11H2,1H3,(H,24,25)/t19-/m0/s1. The zero-order valence-electron chi connectivity index (χ0n) is 14.5. The van der Waals surface area contributed by atoms with Gasteiger partial charge in [-0.1, -0.05) is 42.5 Å². The lowest BCUT2D eigenvalue weighted by atomic mass is 10.0. The number of carbonyl (C=O) groups is 2. The van der Waals surface area contributed by atoms with Crippen LogP contribution in [-0.4, -0.2) is 25.0 Å². The first kappa shape index (κ1) is 18.5. The maximum atomic E-state index is 13.4. The maximum Gasteiger partial charge on any atom is 0.328 e. The second kappa shape index (κ2) is 7.95. The van der Waals surface area contributed by atoms with Crippen LogP contribution in [0, 0.1) is 11.6 Å². The number of hydrogen-bond donors (Lipinski definition) is 1. The summed E-state index contributed by atoms with van der Waals surface area (Å²) in [6.45, 7) is 0. The highest BCUT2D eigenvalue weighted by atomic mass is 19.2. The zero-order chi connectivity index (χ0) is 19.4. The maximum absolute atomic E-state index is 13.4. The largest absolute Gasteiger partial charge is 0.467 e. The van der Waals surface area contributed by atoms with E-state index < -0.39 is 29.6 Å². The molecule has 0 saturated heterocycles. The Morgan fingerprint density at radius 2 is 1.70 bits per heavy atom. The summed E-state index contributed by atoms with van der Waals surface area (Å²) < 4.78 is 31.2. The summed E-state index contributed by atoms with van der Waals surface area (Å²) in [4.78, 5) is 24.4. The van der Waals surface area contributed by atoms with Gasteiger partial charge in [0.25, 0.3) is 5.91 Å². The van der Waals surface area contributed by atoms with Crippen molar-refractivity contribution >= 4 is 22.6 Å². The minimum Gasteiger partial charge on any atom is -0.467 e. The molecular formula is C21H17F2NO3. The molecule has 6 heteroatoms. The minimum atomic E-state index is -1.13. The number of halogens is 2. The SMILES string of the molecule is COC(=O)[C@H](Cc1ccc2ccccc2c1)NC(=O)c1ccc(F)c(F)c1. The number of carbonyl (C=O) groups excluding carboxylic acids is 2. The van der Waals surface area contributed by atoms with E-state index in [1.54, 1.807) is 0 Å². The molecule has 0 spiro atoms. The zero-order valence-corrected chi connectivity index (χ0v) is 14.5. The molecule has 0 saturated carbocycles. The van der Waals surface area contributed by atoms with Gasteiger partial charge in [0.15, 0.2) is 11.6 Å². The molecule has 3 rings (SSSR count). The number of rotatable bonds is 5. The molecule has 1 atom stereocenters. The summed E-state index contributed by atoms with van der Waals surface area (Å²) >= 11 is 0. The summed E-state index contributed by atoms with van der Waals surface area (Å²) in [6.07, 6.45) is 0.201. The number of benzene rings is 3. The summed E-state index contributed by atoms with van der Waals surface area (Å²) in [6, 6.07) is 15.3. The van der Waals surface area contributed by atoms with Gasteiger partial charge in [-0.25, -0.2) is 13.6 Å². The molecule has 0 aromatic heterocycles. The summed E-state index contributed by atoms with van der Waals surface area (Å²) in [5, 5.41) is 4.59. The molecule has 0 aliphatic carbocycles. The smallest absolute Gasteiger partial charge is 0.328 e. The molecule has 27 heavy (non-hydrogen) atoms. The highest BCUT2D eigenvalue weighted by Crippen LogP contribution is 2.17. The monoisotopic (exact) mass is 369 g/mol. The van der Waals surface area contributed by atoms with Crippen molar-refractivity contribution in [3.05, 3.63) is 83.4 Å². The van der Waals surface area contributed by atoms with Crippen molar-refractivity contribution < 1.29 is 23.1 Å². The fourth-order valence-corrected chi connectivity index (χ4v) is 2.82. The lowest BCUT2D eigenvalue weighted by Crippen LogP contribution is -2.43. The number of ether oxygens (including phenoxy) is 1. The average Bonchev–Trinajstić information content (AvgIpc) is 2.68. The molecule has 3 aromatic carbocycles. The molecule has 0 unspecified atom stereocenters. The lowest BCUT2D eigenvalue weighted by Gasteiger charge is -2.17. The van der Waals surface area contributed by atoms with Gasteiger partial charge in [0.05, 0.1) is 7.11 Å². The van der Waals surface area contributed by atoms with E-state index in [1.165, 1.54) is 7.11 Å². The van der Waals surface area contributed by atoms with Crippen LogP contribution in [0.5, 0.6) is 0 Å². The number of fused-ring (bicyclic) bond motifs is 1. The predicted octanol–water partition coefficient (Wildman–Crippen LogP) is 3.63. The Morgan fingerprint density at radius 1 is 0.963 bits per heavy atom. The fourth-order valence-electron chi connectivity index (χ4n) is 2.82. The Kier molecular flexibility index (Phi) is 5.45. The van der Waals surface area contributed by atoms with Crippen LogP contribution in [0.3, 0.4) is 0 Å². The highest BCUT2D eigenvalue weighted by Gasteiger charge is 2.23. The third kappa shape index (κ3) is 4.28. The Balaban J connectivity index is 1.81.